The molecule has 1 aromatic rings. The molecule has 2 amide bonds. The highest BCUT2D eigenvalue weighted by molar-refractivity contribution is 5.74. The second-order valence-electron chi connectivity index (χ2n) is 7.01. The first-order valence-corrected chi connectivity index (χ1v) is 8.39. The highest BCUT2D eigenvalue weighted by atomic mass is 16.3. The van der Waals surface area contributed by atoms with E-state index in [0.717, 1.165) is 38.0 Å². The lowest BCUT2D eigenvalue weighted by Crippen LogP contribution is -2.50. The summed E-state index contributed by atoms with van der Waals surface area (Å²) in [5, 5.41) is 20.3. The van der Waals surface area contributed by atoms with Gasteiger partial charge in [0.05, 0.1) is 12.7 Å². The molecule has 0 saturated carbocycles. The van der Waals surface area contributed by atoms with Crippen LogP contribution in [0.15, 0.2) is 24.5 Å². The van der Waals surface area contributed by atoms with E-state index in [2.05, 4.69) is 27.2 Å². The Labute approximate surface area is 143 Å². The molecule has 24 heavy (non-hydrogen) atoms. The molecule has 134 valence electrons. The average molecular weight is 335 g/mol. The number of hydrogen-bond acceptors (Lipinski definition) is 4. The van der Waals surface area contributed by atoms with Gasteiger partial charge in [-0.15, -0.1) is 0 Å². The summed E-state index contributed by atoms with van der Waals surface area (Å²) in [4.78, 5) is 14.4. The minimum atomic E-state index is -1.14. The highest BCUT2D eigenvalue weighted by Crippen LogP contribution is 2.18. The lowest BCUT2D eigenvalue weighted by Gasteiger charge is -2.32. The van der Waals surface area contributed by atoms with Gasteiger partial charge in [-0.05, 0) is 26.7 Å². The van der Waals surface area contributed by atoms with Crippen LogP contribution in [0.4, 0.5) is 4.79 Å². The Bertz CT molecular complexity index is 573. The fourth-order valence-electron chi connectivity index (χ4n) is 2.91. The number of carbonyl (C=O) groups is 1. The van der Waals surface area contributed by atoms with Gasteiger partial charge in [0, 0.05) is 44.5 Å². The van der Waals surface area contributed by atoms with Gasteiger partial charge in [-0.3, -0.25) is 9.58 Å². The van der Waals surface area contributed by atoms with E-state index < -0.39 is 5.60 Å². The molecule has 7 heteroatoms. The number of rotatable bonds is 6. The number of nitrogens with one attached hydrogen (secondary N) is 2. The van der Waals surface area contributed by atoms with E-state index in [0.29, 0.717) is 5.56 Å². The first kappa shape index (κ1) is 18.5. The second-order valence-corrected chi connectivity index (χ2v) is 7.01. The largest absolute Gasteiger partial charge is 0.383 e. The van der Waals surface area contributed by atoms with Gasteiger partial charge in [0.1, 0.15) is 5.60 Å². The topological polar surface area (TPSA) is 82.4 Å². The summed E-state index contributed by atoms with van der Waals surface area (Å²) >= 11 is 0. The summed E-state index contributed by atoms with van der Waals surface area (Å²) in [5.41, 5.74) is 0.700. The first-order valence-electron chi connectivity index (χ1n) is 8.39. The molecule has 1 fully saturated rings. The normalized spacial score (nSPS) is 18.8. The zero-order valence-electron chi connectivity index (χ0n) is 14.9. The molecule has 0 aliphatic carbocycles. The lowest BCUT2D eigenvalue weighted by molar-refractivity contribution is 0.0590. The molecule has 0 radical (unpaired) electrons. The van der Waals surface area contributed by atoms with Crippen molar-refractivity contribution in [1.29, 1.82) is 0 Å². The molecule has 1 aromatic heterocycles. The maximum atomic E-state index is 12.1. The van der Waals surface area contributed by atoms with E-state index in [4.69, 9.17) is 0 Å². The third kappa shape index (κ3) is 5.35. The zero-order chi connectivity index (χ0) is 17.7. The van der Waals surface area contributed by atoms with Crippen LogP contribution in [0.2, 0.25) is 0 Å². The van der Waals surface area contributed by atoms with Crippen molar-refractivity contribution >= 4 is 6.03 Å². The van der Waals surface area contributed by atoms with E-state index in [-0.39, 0.29) is 18.6 Å². The number of hydrogen-bond donors (Lipinski definition) is 3. The van der Waals surface area contributed by atoms with Gasteiger partial charge in [-0.2, -0.15) is 5.10 Å². The number of nitrogens with zero attached hydrogens (tertiary/aromatic N) is 3. The lowest BCUT2D eigenvalue weighted by atomic mass is 10.00. The Morgan fingerprint density at radius 3 is 2.71 bits per heavy atom. The summed E-state index contributed by atoms with van der Waals surface area (Å²) in [7, 11) is 1.79. The third-order valence-corrected chi connectivity index (χ3v) is 4.34. The van der Waals surface area contributed by atoms with Gasteiger partial charge >= 0.3 is 6.03 Å². The Kier molecular flexibility index (Phi) is 6.01. The van der Waals surface area contributed by atoms with Gasteiger partial charge in [0.15, 0.2) is 0 Å². The van der Waals surface area contributed by atoms with Crippen molar-refractivity contribution in [3.8, 4) is 0 Å². The molecule has 1 aliphatic heterocycles. The van der Waals surface area contributed by atoms with Crippen LogP contribution in [-0.2, 0) is 12.6 Å². The van der Waals surface area contributed by atoms with Crippen LogP contribution in [0.1, 0.15) is 32.3 Å². The Morgan fingerprint density at radius 1 is 1.50 bits per heavy atom. The second kappa shape index (κ2) is 7.81. The standard InChI is InChI=1S/C17H29N5O2/c1-13(2)10-22-7-5-15(6-8-22)20-16(23)18-12-17(3,24)14-9-19-21(4)11-14/h9,11,15,24H,1,5-8,10,12H2,2-4H3,(H2,18,20,23). The van der Waals surface area contributed by atoms with Gasteiger partial charge in [0.25, 0.3) is 0 Å². The zero-order valence-corrected chi connectivity index (χ0v) is 14.9. The number of urea groups is 1. The summed E-state index contributed by atoms with van der Waals surface area (Å²) in [6, 6.07) is -0.0628. The molecule has 0 bridgehead atoms. The van der Waals surface area contributed by atoms with E-state index in [1.54, 1.807) is 31.0 Å². The van der Waals surface area contributed by atoms with E-state index in [1.807, 2.05) is 6.92 Å². The number of piperidine rings is 1. The van der Waals surface area contributed by atoms with Crippen molar-refractivity contribution in [3.05, 3.63) is 30.1 Å². The van der Waals surface area contributed by atoms with Gasteiger partial charge < -0.3 is 15.7 Å². The summed E-state index contributed by atoms with van der Waals surface area (Å²) in [6.45, 7) is 10.6. The molecule has 0 spiro atoms. The number of likely N-dealkylation sites (tertiary alicyclic amines) is 1. The molecular formula is C17H29N5O2. The molecule has 0 aromatic carbocycles. The van der Waals surface area contributed by atoms with Crippen LogP contribution >= 0.6 is 0 Å². The van der Waals surface area contributed by atoms with Crippen LogP contribution in [0.25, 0.3) is 0 Å². The molecule has 1 atom stereocenters. The Morgan fingerprint density at radius 2 is 2.17 bits per heavy atom. The fraction of sp³-hybridized carbons (Fsp3) is 0.647. The van der Waals surface area contributed by atoms with E-state index >= 15 is 0 Å². The number of carbonyl (C=O) groups excluding carboxylic acids is 1. The fourth-order valence-corrected chi connectivity index (χ4v) is 2.91. The van der Waals surface area contributed by atoms with Crippen LogP contribution in [-0.4, -0.2) is 58.0 Å². The minimum Gasteiger partial charge on any atom is -0.383 e. The van der Waals surface area contributed by atoms with Crippen molar-refractivity contribution in [2.45, 2.75) is 38.3 Å². The van der Waals surface area contributed by atoms with Crippen molar-refractivity contribution < 1.29 is 9.90 Å². The van der Waals surface area contributed by atoms with Crippen molar-refractivity contribution in [2.24, 2.45) is 7.05 Å². The van der Waals surface area contributed by atoms with Gasteiger partial charge in [-0.25, -0.2) is 4.79 Å². The molecule has 1 unspecified atom stereocenters. The van der Waals surface area contributed by atoms with Crippen molar-refractivity contribution in [3.63, 3.8) is 0 Å². The molecular weight excluding hydrogens is 306 g/mol. The van der Waals surface area contributed by atoms with Crippen molar-refractivity contribution in [2.75, 3.05) is 26.2 Å². The SMILES string of the molecule is C=C(C)CN1CCC(NC(=O)NCC(C)(O)c2cnn(C)c2)CC1. The van der Waals surface area contributed by atoms with Gasteiger partial charge in [0.2, 0.25) is 0 Å². The number of aliphatic hydroxyl groups is 1. The maximum Gasteiger partial charge on any atom is 0.315 e. The predicted molar refractivity (Wildman–Crippen MR) is 93.6 cm³/mol. The average Bonchev–Trinajstić information content (AvgIpc) is 2.94. The first-order chi connectivity index (χ1) is 11.3. The van der Waals surface area contributed by atoms with E-state index in [9.17, 15) is 9.90 Å². The molecule has 2 heterocycles. The van der Waals surface area contributed by atoms with E-state index in [1.165, 1.54) is 0 Å². The predicted octanol–water partition coefficient (Wildman–Crippen LogP) is 0.967. The molecule has 1 saturated heterocycles. The number of aryl methyl sites for hydroxylation is 1. The molecule has 7 nitrogen and oxygen atoms in total. The highest BCUT2D eigenvalue weighted by Gasteiger charge is 2.26. The smallest absolute Gasteiger partial charge is 0.315 e. The van der Waals surface area contributed by atoms with Crippen LogP contribution < -0.4 is 10.6 Å². The van der Waals surface area contributed by atoms with Crippen LogP contribution in [0, 0.1) is 0 Å². The van der Waals surface area contributed by atoms with Crippen LogP contribution in [0.3, 0.4) is 0 Å². The minimum absolute atomic E-state index is 0.138. The monoisotopic (exact) mass is 335 g/mol. The molecule has 3 N–H and O–H groups in total. The summed E-state index contributed by atoms with van der Waals surface area (Å²) < 4.78 is 1.63. The number of amides is 2. The Balaban J connectivity index is 1.73. The summed E-state index contributed by atoms with van der Waals surface area (Å²) in [5.74, 6) is 0. The molecule has 2 rings (SSSR count). The number of aromatic nitrogens is 2. The Hall–Kier alpha value is -1.86. The maximum absolute atomic E-state index is 12.1. The van der Waals surface area contributed by atoms with Gasteiger partial charge in [-0.1, -0.05) is 12.2 Å². The molecule has 1 aliphatic rings. The third-order valence-electron chi connectivity index (χ3n) is 4.34. The van der Waals surface area contributed by atoms with Crippen LogP contribution in [0.5, 0.6) is 0 Å². The quantitative estimate of drug-likeness (QED) is 0.677. The summed E-state index contributed by atoms with van der Waals surface area (Å²) in [6.07, 6.45) is 5.22. The van der Waals surface area contributed by atoms with Crippen molar-refractivity contribution in [1.82, 2.24) is 25.3 Å².